The van der Waals surface area contributed by atoms with Crippen LogP contribution in [0.2, 0.25) is 0 Å². The number of hydrogen-bond acceptors (Lipinski definition) is 4. The van der Waals surface area contributed by atoms with Crippen LogP contribution in [0.25, 0.3) is 0 Å². The second-order valence-electron chi connectivity index (χ2n) is 7.82. The molecule has 0 aromatic heterocycles. The van der Waals surface area contributed by atoms with E-state index in [2.05, 4.69) is 10.7 Å². The van der Waals surface area contributed by atoms with E-state index in [9.17, 15) is 9.59 Å². The van der Waals surface area contributed by atoms with Gasteiger partial charge in [0.2, 0.25) is 12.3 Å². The van der Waals surface area contributed by atoms with Gasteiger partial charge in [-0.05, 0) is 49.4 Å². The first-order chi connectivity index (χ1) is 16.0. The molecule has 0 bridgehead atoms. The average Bonchev–Trinajstić information content (AvgIpc) is 3.14. The van der Waals surface area contributed by atoms with E-state index in [1.54, 1.807) is 43.2 Å². The second-order valence-corrected chi connectivity index (χ2v) is 7.82. The Balaban J connectivity index is 1.68. The summed E-state index contributed by atoms with van der Waals surface area (Å²) in [5.41, 5.74) is 6.20. The summed E-state index contributed by atoms with van der Waals surface area (Å²) in [4.78, 5) is 25.9. The van der Waals surface area contributed by atoms with Crippen molar-refractivity contribution >= 4 is 18.0 Å². The second kappa shape index (κ2) is 9.56. The van der Waals surface area contributed by atoms with E-state index in [0.29, 0.717) is 17.1 Å². The van der Waals surface area contributed by atoms with E-state index in [1.165, 1.54) is 0 Å². The van der Waals surface area contributed by atoms with Gasteiger partial charge in [0, 0.05) is 16.7 Å². The lowest BCUT2D eigenvalue weighted by molar-refractivity contribution is -0.596. The van der Waals surface area contributed by atoms with Gasteiger partial charge in [-0.1, -0.05) is 35.9 Å². The van der Waals surface area contributed by atoms with E-state index < -0.39 is 12.1 Å². The zero-order valence-electron chi connectivity index (χ0n) is 18.7. The van der Waals surface area contributed by atoms with Gasteiger partial charge >= 0.3 is 5.91 Å². The number of hydrazone groups is 1. The van der Waals surface area contributed by atoms with Gasteiger partial charge in [0.05, 0.1) is 14.2 Å². The molecule has 1 saturated heterocycles. The van der Waals surface area contributed by atoms with E-state index in [0.717, 1.165) is 16.7 Å². The zero-order chi connectivity index (χ0) is 23.4. The quantitative estimate of drug-likeness (QED) is 0.573. The van der Waals surface area contributed by atoms with Crippen LogP contribution in [0.15, 0.2) is 72.8 Å². The van der Waals surface area contributed by atoms with Crippen molar-refractivity contribution in [3.8, 4) is 11.5 Å². The lowest BCUT2D eigenvalue weighted by Crippen LogP contribution is -2.42. The number of hydrogen-bond donors (Lipinski definition) is 2. The summed E-state index contributed by atoms with van der Waals surface area (Å²) < 4.78 is 12.2. The number of amides is 2. The molecule has 0 radical (unpaired) electrons. The van der Waals surface area contributed by atoms with Crippen LogP contribution < -0.4 is 20.2 Å². The molecule has 3 aromatic carbocycles. The van der Waals surface area contributed by atoms with Crippen molar-refractivity contribution in [3.05, 3.63) is 95.1 Å². The average molecular weight is 445 g/mol. The van der Waals surface area contributed by atoms with Crippen molar-refractivity contribution in [2.45, 2.75) is 19.0 Å². The summed E-state index contributed by atoms with van der Waals surface area (Å²) in [6.45, 7) is 2.00. The highest BCUT2D eigenvalue weighted by Gasteiger charge is 2.47. The van der Waals surface area contributed by atoms with Crippen LogP contribution in [0.3, 0.4) is 0 Å². The number of benzene rings is 3. The van der Waals surface area contributed by atoms with Gasteiger partial charge in [-0.2, -0.15) is 0 Å². The molecule has 2 amide bonds. The van der Waals surface area contributed by atoms with Crippen LogP contribution in [0.4, 0.5) is 0 Å². The summed E-state index contributed by atoms with van der Waals surface area (Å²) >= 11 is 0. The Bertz CT molecular complexity index is 1190. The van der Waals surface area contributed by atoms with Crippen molar-refractivity contribution < 1.29 is 23.7 Å². The lowest BCUT2D eigenvalue weighted by atomic mass is 9.98. The minimum absolute atomic E-state index is 0.290. The molecule has 168 valence electrons. The van der Waals surface area contributed by atoms with Crippen LogP contribution in [0.1, 0.15) is 33.1 Å². The summed E-state index contributed by atoms with van der Waals surface area (Å²) in [6.07, 6.45) is 1.84. The summed E-state index contributed by atoms with van der Waals surface area (Å²) in [7, 11) is 3.17. The Morgan fingerprint density at radius 2 is 1.67 bits per heavy atom. The van der Waals surface area contributed by atoms with Gasteiger partial charge < -0.3 is 14.8 Å². The number of carbonyl (C=O) groups is 2. The van der Waals surface area contributed by atoms with E-state index in [1.807, 2.05) is 61.7 Å². The first kappa shape index (κ1) is 22.1. The largest absolute Gasteiger partial charge is 0.497 e. The number of methoxy groups -OCH3 is 2. The minimum atomic E-state index is -0.788. The Kier molecular flexibility index (Phi) is 6.40. The van der Waals surface area contributed by atoms with Gasteiger partial charge in [0.15, 0.2) is 6.04 Å². The Morgan fingerprint density at radius 1 is 0.970 bits per heavy atom. The highest BCUT2D eigenvalue weighted by Crippen LogP contribution is 2.26. The normalized spacial score (nSPS) is 18.6. The molecule has 0 unspecified atom stereocenters. The monoisotopic (exact) mass is 444 g/mol. The number of aryl methyl sites for hydroxylation is 1. The maximum atomic E-state index is 13.0. The van der Waals surface area contributed by atoms with Crippen molar-refractivity contribution in [2.24, 2.45) is 0 Å². The van der Waals surface area contributed by atoms with Crippen LogP contribution in [0, 0.1) is 6.92 Å². The molecule has 0 saturated carbocycles. The molecule has 1 aliphatic heterocycles. The maximum absolute atomic E-state index is 13.0. The molecule has 1 fully saturated rings. The standard InChI is InChI=1S/C26H25N3O4/c1-17-7-9-19(10-8-17)24-23(27-25(30)20-11-13-21(32-2)14-12-20)26(31)28-29(24)16-18-5-4-6-22(15-18)33-3/h4-16,23-24H,1-3H3,(H-,27,28,30,31)/p+1/b29-16-/t23-,24+/m1/s1. The topological polar surface area (TPSA) is 79.7 Å². The first-order valence-corrected chi connectivity index (χ1v) is 10.6. The smallest absolute Gasteiger partial charge is 0.304 e. The number of nitrogens with zero attached hydrogens (tertiary/aromatic N) is 1. The Labute approximate surface area is 192 Å². The van der Waals surface area contributed by atoms with Crippen LogP contribution in [-0.2, 0) is 4.79 Å². The lowest BCUT2D eigenvalue weighted by Gasteiger charge is -2.15. The molecular weight excluding hydrogens is 418 g/mol. The van der Waals surface area contributed by atoms with E-state index >= 15 is 0 Å². The third-order valence-corrected chi connectivity index (χ3v) is 5.58. The zero-order valence-corrected chi connectivity index (χ0v) is 18.7. The SMILES string of the molecule is COc1ccc(C(=O)N[C@H]2C(=O)N/[N+](=C\c3cccc(OC)c3)[C@H]2c2ccc(C)cc2)cc1. The highest BCUT2D eigenvalue weighted by molar-refractivity contribution is 5.98. The Morgan fingerprint density at radius 3 is 2.33 bits per heavy atom. The van der Waals surface area contributed by atoms with Crippen molar-refractivity contribution in [3.63, 3.8) is 0 Å². The molecular formula is C26H26N3O4+. The number of ether oxygens (including phenoxy) is 2. The molecule has 0 spiro atoms. The van der Waals surface area contributed by atoms with Crippen molar-refractivity contribution in [1.82, 2.24) is 10.7 Å². The molecule has 7 heteroatoms. The van der Waals surface area contributed by atoms with E-state index in [-0.39, 0.29) is 11.8 Å². The third kappa shape index (κ3) is 4.87. The summed E-state index contributed by atoms with van der Waals surface area (Å²) in [5.74, 6) is 0.743. The molecule has 0 aliphatic carbocycles. The predicted octanol–water partition coefficient (Wildman–Crippen LogP) is 3.03. The summed E-state index contributed by atoms with van der Waals surface area (Å²) in [5, 5.41) is 2.91. The fraction of sp³-hybridized carbons (Fsp3) is 0.192. The van der Waals surface area contributed by atoms with Gasteiger partial charge in [-0.15, -0.1) is 10.1 Å². The van der Waals surface area contributed by atoms with Crippen molar-refractivity contribution in [1.29, 1.82) is 0 Å². The van der Waals surface area contributed by atoms with Gasteiger partial charge in [0.25, 0.3) is 5.91 Å². The molecule has 1 aliphatic rings. The number of carbonyl (C=O) groups excluding carboxylic acids is 2. The minimum Gasteiger partial charge on any atom is -0.497 e. The Hall–Kier alpha value is -4.13. The van der Waals surface area contributed by atoms with Crippen LogP contribution in [-0.4, -0.2) is 43.0 Å². The van der Waals surface area contributed by atoms with Crippen molar-refractivity contribution in [2.75, 3.05) is 14.2 Å². The van der Waals surface area contributed by atoms with Gasteiger partial charge in [-0.25, -0.2) is 0 Å². The fourth-order valence-corrected chi connectivity index (χ4v) is 3.79. The molecule has 2 N–H and O–H groups in total. The van der Waals surface area contributed by atoms with Gasteiger partial charge in [-0.3, -0.25) is 9.59 Å². The number of nitrogens with one attached hydrogen (secondary N) is 2. The third-order valence-electron chi connectivity index (χ3n) is 5.58. The number of hydrazine groups is 1. The summed E-state index contributed by atoms with van der Waals surface area (Å²) in [6, 6.07) is 21.0. The fourth-order valence-electron chi connectivity index (χ4n) is 3.79. The highest BCUT2D eigenvalue weighted by atomic mass is 16.5. The molecule has 2 atom stereocenters. The van der Waals surface area contributed by atoms with Crippen LogP contribution in [0.5, 0.6) is 11.5 Å². The van der Waals surface area contributed by atoms with E-state index in [4.69, 9.17) is 9.47 Å². The van der Waals surface area contributed by atoms with Crippen LogP contribution >= 0.6 is 0 Å². The first-order valence-electron chi connectivity index (χ1n) is 10.6. The maximum Gasteiger partial charge on any atom is 0.304 e. The molecule has 7 nitrogen and oxygen atoms in total. The number of rotatable bonds is 6. The molecule has 33 heavy (non-hydrogen) atoms. The molecule has 3 aromatic rings. The molecule has 4 rings (SSSR count). The van der Waals surface area contributed by atoms with Gasteiger partial charge in [0.1, 0.15) is 11.5 Å². The predicted molar refractivity (Wildman–Crippen MR) is 125 cm³/mol. The molecule has 1 heterocycles.